The van der Waals surface area contributed by atoms with E-state index in [4.69, 9.17) is 39.7 Å². The van der Waals surface area contributed by atoms with Gasteiger partial charge in [-0.25, -0.2) is 4.79 Å². The van der Waals surface area contributed by atoms with Gasteiger partial charge in [-0.2, -0.15) is 13.2 Å². The Morgan fingerprint density at radius 1 is 0.878 bits per heavy atom. The van der Waals surface area contributed by atoms with Crippen molar-refractivity contribution in [2.24, 2.45) is 11.8 Å². The van der Waals surface area contributed by atoms with Crippen LogP contribution < -0.4 is 29.1 Å². The third-order valence-electron chi connectivity index (χ3n) is 7.42. The van der Waals surface area contributed by atoms with Crippen molar-refractivity contribution in [3.8, 4) is 34.5 Å². The third-order valence-corrected chi connectivity index (χ3v) is 7.84. The maximum Gasteiger partial charge on any atom is 0.453 e. The highest BCUT2D eigenvalue weighted by molar-refractivity contribution is 6.31. The lowest BCUT2D eigenvalue weighted by Crippen LogP contribution is -2.31. The maximum absolute atomic E-state index is 14.6. The zero-order valence-corrected chi connectivity index (χ0v) is 29.3. The number of alkyl halides is 3. The first-order valence-electron chi connectivity index (χ1n) is 15.5. The van der Waals surface area contributed by atoms with Crippen LogP contribution in [0.15, 0.2) is 51.7 Å². The molecule has 4 aromatic rings. The summed E-state index contributed by atoms with van der Waals surface area (Å²) in [6, 6.07) is 9.60. The smallest absolute Gasteiger partial charge is 0.453 e. The summed E-state index contributed by atoms with van der Waals surface area (Å²) < 4.78 is 76.9. The van der Waals surface area contributed by atoms with Crippen molar-refractivity contribution >= 4 is 28.5 Å². The fourth-order valence-electron chi connectivity index (χ4n) is 5.42. The normalized spacial score (nSPS) is 11.8. The molecule has 0 bridgehead atoms. The minimum absolute atomic E-state index is 0.00237. The Morgan fingerprint density at radius 2 is 1.49 bits per heavy atom. The fourth-order valence-corrected chi connectivity index (χ4v) is 5.54. The highest BCUT2D eigenvalue weighted by Gasteiger charge is 2.41. The number of hydrogen-bond donors (Lipinski definition) is 0. The van der Waals surface area contributed by atoms with Gasteiger partial charge in [0.1, 0.15) is 17.1 Å². The van der Waals surface area contributed by atoms with Gasteiger partial charge in [-0.3, -0.25) is 9.69 Å². The number of carbonyl (C=O) groups excluding carboxylic acids is 1. The zero-order valence-electron chi connectivity index (χ0n) is 28.5. The molecule has 0 atom stereocenters. The quantitative estimate of drug-likeness (QED) is 0.0998. The molecule has 0 fully saturated rings. The van der Waals surface area contributed by atoms with Crippen molar-refractivity contribution in [1.82, 2.24) is 4.90 Å². The third kappa shape index (κ3) is 8.60. The summed E-state index contributed by atoms with van der Waals surface area (Å²) in [4.78, 5) is 29.4. The average molecular weight is 706 g/mol. The molecule has 0 aliphatic heterocycles. The number of fused-ring (bicyclic) bond motifs is 1. The Kier molecular flexibility index (Phi) is 11.8. The number of halogens is 4. The van der Waals surface area contributed by atoms with Gasteiger partial charge in [-0.05, 0) is 66.8 Å². The highest BCUT2D eigenvalue weighted by Crippen LogP contribution is 2.42. The van der Waals surface area contributed by atoms with E-state index in [1.54, 1.807) is 6.92 Å². The highest BCUT2D eigenvalue weighted by atomic mass is 35.5. The van der Waals surface area contributed by atoms with Gasteiger partial charge in [0.15, 0.2) is 11.5 Å². The molecule has 1 heterocycles. The molecule has 9 nitrogen and oxygen atoms in total. The minimum Gasteiger partial charge on any atom is -0.493 e. The SMILES string of the molecule is COc1cc(C(=O)Oc2ccc3c(=O)c(Oc4ccc(Cl)c(C)c4)c(C(F)(F)F)oc3c2CN(CC(C)C)CC(C)C)cc(OC)c1OC. The molecule has 0 unspecified atom stereocenters. The van der Waals surface area contributed by atoms with Gasteiger partial charge >= 0.3 is 12.1 Å². The Morgan fingerprint density at radius 3 is 2.00 bits per heavy atom. The monoisotopic (exact) mass is 705 g/mol. The average Bonchev–Trinajstić information content (AvgIpc) is 3.02. The molecular weight excluding hydrogens is 667 g/mol. The standard InChI is InChI=1S/C36H39ClF3NO8/c1-19(2)16-41(17-20(3)4)18-25-27(48-35(43)22-14-28(44-6)32(46-8)29(15-22)45-7)12-10-24-30(42)33(34(36(38,39)40)49-31(24)25)47-23-9-11-26(37)21(5)13-23/h9-15,19-20H,16-18H2,1-8H3. The number of benzene rings is 3. The first-order valence-corrected chi connectivity index (χ1v) is 15.8. The van der Waals surface area contributed by atoms with Crippen molar-refractivity contribution < 1.29 is 46.1 Å². The molecule has 0 saturated carbocycles. The minimum atomic E-state index is -5.13. The van der Waals surface area contributed by atoms with E-state index < -0.39 is 29.1 Å². The van der Waals surface area contributed by atoms with Gasteiger partial charge in [-0.15, -0.1) is 0 Å². The van der Waals surface area contributed by atoms with E-state index in [0.29, 0.717) is 23.7 Å². The molecule has 0 spiro atoms. The maximum atomic E-state index is 14.6. The fraction of sp³-hybridized carbons (Fsp3) is 0.389. The Bertz CT molecular complexity index is 1850. The van der Waals surface area contributed by atoms with Crippen LogP contribution >= 0.6 is 11.6 Å². The van der Waals surface area contributed by atoms with E-state index in [1.807, 2.05) is 32.6 Å². The Hall–Kier alpha value is -4.42. The molecule has 0 aliphatic rings. The van der Waals surface area contributed by atoms with E-state index in [0.717, 1.165) is 0 Å². The van der Waals surface area contributed by atoms with Crippen LogP contribution in [0.2, 0.25) is 5.02 Å². The molecular formula is C36H39ClF3NO8. The summed E-state index contributed by atoms with van der Waals surface area (Å²) in [6.45, 7) is 10.8. The molecule has 13 heteroatoms. The summed E-state index contributed by atoms with van der Waals surface area (Å²) >= 11 is 6.08. The number of methoxy groups -OCH3 is 3. The molecule has 4 rings (SSSR count). The zero-order chi connectivity index (χ0) is 36.2. The van der Waals surface area contributed by atoms with Crippen LogP contribution in [0.1, 0.15) is 54.9 Å². The predicted molar refractivity (Wildman–Crippen MR) is 180 cm³/mol. The van der Waals surface area contributed by atoms with Gasteiger partial charge in [0.2, 0.25) is 16.9 Å². The van der Waals surface area contributed by atoms with Crippen LogP contribution in [0, 0.1) is 18.8 Å². The lowest BCUT2D eigenvalue weighted by molar-refractivity contribution is -0.154. The molecule has 49 heavy (non-hydrogen) atoms. The van der Waals surface area contributed by atoms with Gasteiger partial charge in [0.25, 0.3) is 5.76 Å². The summed E-state index contributed by atoms with van der Waals surface area (Å²) in [5.74, 6) is -2.66. The topological polar surface area (TPSA) is 96.7 Å². The van der Waals surface area contributed by atoms with Gasteiger partial charge in [0, 0.05) is 24.7 Å². The summed E-state index contributed by atoms with van der Waals surface area (Å²) in [5, 5.41) is 0.185. The number of carbonyl (C=O) groups is 1. The molecule has 0 radical (unpaired) electrons. The molecule has 0 amide bonds. The van der Waals surface area contributed by atoms with Crippen molar-refractivity contribution in [3.05, 3.63) is 80.2 Å². The molecule has 0 N–H and O–H groups in total. The van der Waals surface area contributed by atoms with Crippen LogP contribution in [0.25, 0.3) is 11.0 Å². The molecule has 0 aliphatic carbocycles. The van der Waals surface area contributed by atoms with Crippen LogP contribution in [-0.4, -0.2) is 45.3 Å². The van der Waals surface area contributed by atoms with Gasteiger partial charge in [0.05, 0.1) is 37.8 Å². The molecule has 264 valence electrons. The molecule has 3 aromatic carbocycles. The van der Waals surface area contributed by atoms with E-state index in [2.05, 4.69) is 0 Å². The van der Waals surface area contributed by atoms with Crippen molar-refractivity contribution in [2.45, 2.75) is 47.3 Å². The first-order chi connectivity index (χ1) is 23.1. The second kappa shape index (κ2) is 15.4. The molecule has 0 saturated heterocycles. The van der Waals surface area contributed by atoms with Crippen LogP contribution in [0.5, 0.6) is 34.5 Å². The Balaban J connectivity index is 1.95. The second-order valence-electron chi connectivity index (χ2n) is 12.3. The van der Waals surface area contributed by atoms with E-state index in [1.165, 1.54) is 63.8 Å². The van der Waals surface area contributed by atoms with Crippen LogP contribution in [0.4, 0.5) is 13.2 Å². The van der Waals surface area contributed by atoms with Gasteiger partial charge < -0.3 is 28.1 Å². The number of nitrogens with zero attached hydrogens (tertiary/aromatic N) is 1. The summed E-state index contributed by atoms with van der Waals surface area (Å²) in [7, 11) is 4.19. The second-order valence-corrected chi connectivity index (χ2v) is 12.7. The first kappa shape index (κ1) is 37.4. The van der Waals surface area contributed by atoms with E-state index in [9.17, 15) is 22.8 Å². The number of aryl methyl sites for hydroxylation is 1. The molecule has 1 aromatic heterocycles. The van der Waals surface area contributed by atoms with Crippen molar-refractivity contribution in [1.29, 1.82) is 0 Å². The summed E-state index contributed by atoms with van der Waals surface area (Å²) in [6.07, 6.45) is -5.13. The lowest BCUT2D eigenvalue weighted by Gasteiger charge is -2.27. The Labute approximate surface area is 287 Å². The van der Waals surface area contributed by atoms with Crippen molar-refractivity contribution in [2.75, 3.05) is 34.4 Å². The largest absolute Gasteiger partial charge is 0.493 e. The predicted octanol–water partition coefficient (Wildman–Crippen LogP) is 8.92. The van der Waals surface area contributed by atoms with E-state index >= 15 is 0 Å². The van der Waals surface area contributed by atoms with Crippen LogP contribution in [0.3, 0.4) is 0 Å². The number of rotatable bonds is 13. The van der Waals surface area contributed by atoms with Gasteiger partial charge in [-0.1, -0.05) is 39.3 Å². The lowest BCUT2D eigenvalue weighted by atomic mass is 10.1. The number of hydrogen-bond acceptors (Lipinski definition) is 9. The van der Waals surface area contributed by atoms with Crippen molar-refractivity contribution in [3.63, 3.8) is 0 Å². The number of ether oxygens (including phenoxy) is 5. The summed E-state index contributed by atoms with van der Waals surface area (Å²) in [5.41, 5.74) is -0.805. The van der Waals surface area contributed by atoms with Crippen LogP contribution in [-0.2, 0) is 12.7 Å². The number of esters is 1. The van der Waals surface area contributed by atoms with E-state index in [-0.39, 0.29) is 69.2 Å².